The molecule has 0 saturated heterocycles. The second-order valence-corrected chi connectivity index (χ2v) is 12.3. The van der Waals surface area contributed by atoms with E-state index in [9.17, 15) is 43.7 Å². The summed E-state index contributed by atoms with van der Waals surface area (Å²) in [5.74, 6) is -2.70. The standard InChI is InChI=1S/C35H43N7O11/c1-22(2)31(40-28(43)12-4-3-7-20-41-29(44)17-18-30(41)45)33(47)39-27(11-8-19-37-34(36)48)32(46)38-26-10-6-5-9-23(26)21-52-35(49)53-25-15-13-24(14-16-25)42(50)51/h5-6,9-10,13-18,22,27,31H,3-4,7-8,11-12,19-21H2,1-2H3,(H,38,46)(H,39,47)(H,40,43)(H3,36,37,48)/t27-,31-/m0/s1. The van der Waals surface area contributed by atoms with Crippen molar-refractivity contribution in [3.63, 3.8) is 0 Å². The molecule has 2 atom stereocenters. The highest BCUT2D eigenvalue weighted by Crippen LogP contribution is 2.20. The lowest BCUT2D eigenvalue weighted by Crippen LogP contribution is -2.54. The van der Waals surface area contributed by atoms with E-state index < -0.39 is 41.0 Å². The van der Waals surface area contributed by atoms with Crippen LogP contribution in [0.2, 0.25) is 0 Å². The maximum Gasteiger partial charge on any atom is 0.514 e. The minimum Gasteiger partial charge on any atom is -0.429 e. The first-order chi connectivity index (χ1) is 25.2. The number of anilines is 1. The quantitative estimate of drug-likeness (QED) is 0.0330. The molecule has 0 spiro atoms. The van der Waals surface area contributed by atoms with Gasteiger partial charge in [-0.1, -0.05) is 38.5 Å². The normalized spacial score (nSPS) is 13.2. The Kier molecular flexibility index (Phi) is 15.9. The molecule has 18 nitrogen and oxygen atoms in total. The summed E-state index contributed by atoms with van der Waals surface area (Å²) in [6.45, 7) is 3.51. The zero-order valence-corrected chi connectivity index (χ0v) is 29.3. The van der Waals surface area contributed by atoms with Crippen molar-refractivity contribution < 1.29 is 48.0 Å². The van der Waals surface area contributed by atoms with Gasteiger partial charge < -0.3 is 36.5 Å². The fraction of sp³-hybridized carbons (Fsp3) is 0.400. The number of unbranched alkanes of at least 4 members (excludes halogenated alkanes) is 2. The van der Waals surface area contributed by atoms with Crippen molar-refractivity contribution in [1.82, 2.24) is 20.9 Å². The minimum atomic E-state index is -1.12. The van der Waals surface area contributed by atoms with Crippen LogP contribution in [0.25, 0.3) is 0 Å². The van der Waals surface area contributed by atoms with Crippen molar-refractivity contribution in [3.8, 4) is 5.75 Å². The zero-order valence-electron chi connectivity index (χ0n) is 29.3. The van der Waals surface area contributed by atoms with Gasteiger partial charge in [0, 0.05) is 55.0 Å². The molecule has 1 aliphatic rings. The third kappa shape index (κ3) is 13.7. The Bertz CT molecular complexity index is 1680. The van der Waals surface area contributed by atoms with Crippen LogP contribution in [0.1, 0.15) is 57.9 Å². The summed E-state index contributed by atoms with van der Waals surface area (Å²) in [6.07, 6.45) is 3.30. The van der Waals surface area contributed by atoms with Crippen LogP contribution in [0.15, 0.2) is 60.7 Å². The highest BCUT2D eigenvalue weighted by Gasteiger charge is 2.29. The SMILES string of the molecule is CC(C)[C@H](NC(=O)CCCCCN1C(=O)C=CC1=O)C(=O)N[C@@H](CCCNC(N)=O)C(=O)Nc1ccccc1COC(=O)Oc1ccc([N+](=O)[O-])cc1. The highest BCUT2D eigenvalue weighted by molar-refractivity contribution is 6.12. The number of urea groups is 1. The van der Waals surface area contributed by atoms with Crippen LogP contribution in [-0.2, 0) is 35.3 Å². The van der Waals surface area contributed by atoms with E-state index in [0.717, 1.165) is 17.0 Å². The number of imide groups is 1. The number of ether oxygens (including phenoxy) is 2. The van der Waals surface area contributed by atoms with Gasteiger partial charge in [0.15, 0.2) is 0 Å². The average Bonchev–Trinajstić information content (AvgIpc) is 3.43. The second-order valence-electron chi connectivity index (χ2n) is 12.3. The lowest BCUT2D eigenvalue weighted by molar-refractivity contribution is -0.384. The fourth-order valence-electron chi connectivity index (χ4n) is 5.10. The fourth-order valence-corrected chi connectivity index (χ4v) is 5.10. The Labute approximate surface area is 304 Å². The van der Waals surface area contributed by atoms with E-state index in [-0.39, 0.29) is 79.7 Å². The van der Waals surface area contributed by atoms with Crippen LogP contribution in [0.5, 0.6) is 5.75 Å². The number of nitro benzene ring substituents is 1. The number of primary amides is 1. The smallest absolute Gasteiger partial charge is 0.429 e. The predicted molar refractivity (Wildman–Crippen MR) is 189 cm³/mol. The molecule has 2 aromatic carbocycles. The molecule has 3 rings (SSSR count). The molecule has 1 heterocycles. The molecule has 2 aromatic rings. The molecule has 0 aliphatic carbocycles. The Morgan fingerprint density at radius 2 is 1.57 bits per heavy atom. The van der Waals surface area contributed by atoms with Gasteiger partial charge in [0.2, 0.25) is 17.7 Å². The molecule has 0 fully saturated rings. The molecular weight excluding hydrogens is 694 g/mol. The van der Waals surface area contributed by atoms with Crippen LogP contribution in [-0.4, -0.2) is 76.7 Å². The number of hydrogen-bond donors (Lipinski definition) is 5. The van der Waals surface area contributed by atoms with Gasteiger partial charge in [-0.15, -0.1) is 0 Å². The summed E-state index contributed by atoms with van der Waals surface area (Å²) in [5, 5.41) is 21.4. The van der Waals surface area contributed by atoms with Crippen molar-refractivity contribution in [2.24, 2.45) is 11.7 Å². The molecule has 0 aromatic heterocycles. The van der Waals surface area contributed by atoms with Crippen molar-refractivity contribution in [1.29, 1.82) is 0 Å². The molecular formula is C35H43N7O11. The summed E-state index contributed by atoms with van der Waals surface area (Å²) in [7, 11) is 0. The summed E-state index contributed by atoms with van der Waals surface area (Å²) >= 11 is 0. The number of para-hydroxylation sites is 1. The zero-order chi connectivity index (χ0) is 38.9. The van der Waals surface area contributed by atoms with Gasteiger partial charge in [-0.2, -0.15) is 0 Å². The van der Waals surface area contributed by atoms with E-state index in [2.05, 4.69) is 21.3 Å². The Morgan fingerprint density at radius 3 is 2.21 bits per heavy atom. The Balaban J connectivity index is 1.59. The van der Waals surface area contributed by atoms with Crippen molar-refractivity contribution in [2.75, 3.05) is 18.4 Å². The van der Waals surface area contributed by atoms with E-state index in [1.165, 1.54) is 24.3 Å². The lowest BCUT2D eigenvalue weighted by Gasteiger charge is -2.25. The molecule has 7 amide bonds. The Morgan fingerprint density at radius 1 is 0.887 bits per heavy atom. The number of carbonyl (C=O) groups excluding carboxylic acids is 7. The van der Waals surface area contributed by atoms with Gasteiger partial charge in [0.25, 0.3) is 17.5 Å². The van der Waals surface area contributed by atoms with Gasteiger partial charge in [0.1, 0.15) is 24.4 Å². The third-order valence-electron chi connectivity index (χ3n) is 7.92. The van der Waals surface area contributed by atoms with Crippen LogP contribution in [0.4, 0.5) is 21.0 Å². The van der Waals surface area contributed by atoms with Crippen molar-refractivity contribution in [3.05, 3.63) is 76.4 Å². The summed E-state index contributed by atoms with van der Waals surface area (Å²) < 4.78 is 10.2. The molecule has 6 N–H and O–H groups in total. The topological polar surface area (TPSA) is 258 Å². The number of nitrogens with one attached hydrogen (secondary N) is 4. The molecule has 53 heavy (non-hydrogen) atoms. The number of amides is 7. The molecule has 18 heteroatoms. The average molecular weight is 738 g/mol. The van der Waals surface area contributed by atoms with Crippen LogP contribution < -0.4 is 31.7 Å². The summed E-state index contributed by atoms with van der Waals surface area (Å²) in [4.78, 5) is 98.1. The van der Waals surface area contributed by atoms with Gasteiger partial charge in [-0.25, -0.2) is 9.59 Å². The monoisotopic (exact) mass is 737 g/mol. The van der Waals surface area contributed by atoms with Crippen molar-refractivity contribution in [2.45, 2.75) is 71.1 Å². The number of carbonyl (C=O) groups is 7. The van der Waals surface area contributed by atoms with Gasteiger partial charge >= 0.3 is 12.2 Å². The molecule has 0 unspecified atom stereocenters. The second kappa shape index (κ2) is 20.5. The number of rotatable bonds is 20. The molecule has 0 saturated carbocycles. The molecule has 284 valence electrons. The van der Waals surface area contributed by atoms with E-state index >= 15 is 0 Å². The van der Waals surface area contributed by atoms with Crippen LogP contribution >= 0.6 is 0 Å². The maximum absolute atomic E-state index is 13.6. The number of hydrogen-bond acceptors (Lipinski definition) is 11. The lowest BCUT2D eigenvalue weighted by atomic mass is 10.0. The first kappa shape index (κ1) is 41.1. The van der Waals surface area contributed by atoms with Crippen LogP contribution in [0, 0.1) is 16.0 Å². The van der Waals surface area contributed by atoms with E-state index in [4.69, 9.17) is 15.2 Å². The predicted octanol–water partition coefficient (Wildman–Crippen LogP) is 2.81. The van der Waals surface area contributed by atoms with Gasteiger partial charge in [-0.05, 0) is 49.8 Å². The number of nitro groups is 1. The maximum atomic E-state index is 13.6. The number of nitrogens with zero attached hydrogens (tertiary/aromatic N) is 2. The number of nitrogens with two attached hydrogens (primary N) is 1. The highest BCUT2D eigenvalue weighted by atomic mass is 16.7. The van der Waals surface area contributed by atoms with Crippen LogP contribution in [0.3, 0.4) is 0 Å². The first-order valence-electron chi connectivity index (χ1n) is 16.9. The molecule has 0 bridgehead atoms. The summed E-state index contributed by atoms with van der Waals surface area (Å²) in [5.41, 5.74) is 5.60. The molecule has 1 aliphatic heterocycles. The minimum absolute atomic E-state index is 0.0193. The number of benzene rings is 2. The third-order valence-corrected chi connectivity index (χ3v) is 7.92. The van der Waals surface area contributed by atoms with Crippen molar-refractivity contribution >= 4 is 53.1 Å². The Hall–Kier alpha value is -6.33. The first-order valence-corrected chi connectivity index (χ1v) is 16.9. The number of non-ortho nitro benzene ring substituents is 1. The van der Waals surface area contributed by atoms with E-state index in [1.54, 1.807) is 38.1 Å². The van der Waals surface area contributed by atoms with E-state index in [0.29, 0.717) is 24.8 Å². The molecule has 0 radical (unpaired) electrons. The van der Waals surface area contributed by atoms with Gasteiger partial charge in [0.05, 0.1) is 4.92 Å². The summed E-state index contributed by atoms with van der Waals surface area (Å²) in [6, 6.07) is 8.36. The van der Waals surface area contributed by atoms with E-state index in [1.807, 2.05) is 0 Å². The van der Waals surface area contributed by atoms with Gasteiger partial charge in [-0.3, -0.25) is 39.0 Å². The largest absolute Gasteiger partial charge is 0.514 e.